The molecule has 0 unspecified atom stereocenters. The molecule has 10 heteroatoms. The molecule has 2 heterocycles. The number of nitro groups is 1. The topological polar surface area (TPSA) is 100.0 Å². The lowest BCUT2D eigenvalue weighted by atomic mass is 10.2. The van der Waals surface area contributed by atoms with Gasteiger partial charge in [0, 0.05) is 19.3 Å². The highest BCUT2D eigenvalue weighted by molar-refractivity contribution is 7.98. The molecule has 2 aromatic heterocycles. The monoisotopic (exact) mass is 451 g/mol. The van der Waals surface area contributed by atoms with Gasteiger partial charge in [-0.3, -0.25) is 10.1 Å². The summed E-state index contributed by atoms with van der Waals surface area (Å²) >= 11 is 1.71. The van der Waals surface area contributed by atoms with E-state index >= 15 is 0 Å². The summed E-state index contributed by atoms with van der Waals surface area (Å²) in [6.45, 7) is 2.02. The van der Waals surface area contributed by atoms with Gasteiger partial charge < -0.3 is 29.3 Å². The first kappa shape index (κ1) is 24.8. The van der Waals surface area contributed by atoms with Crippen molar-refractivity contribution in [3.05, 3.63) is 68.9 Å². The summed E-state index contributed by atoms with van der Waals surface area (Å²) in [6.07, 6.45) is 0.109. The molecular weight excluding hydrogens is 418 g/mol. The third-order valence-electron chi connectivity index (χ3n) is 4.27. The SMILES string of the molecule is CNC(NCCSCc1ccc(CN(C)C)o1)=C(Cc1ccc(CN(C)C)o1)[N+](=O)[O-]. The van der Waals surface area contributed by atoms with Crippen LogP contribution in [0.5, 0.6) is 0 Å². The lowest BCUT2D eigenvalue weighted by Crippen LogP contribution is -2.29. The fourth-order valence-corrected chi connectivity index (χ4v) is 3.72. The molecule has 0 atom stereocenters. The molecule has 0 saturated heterocycles. The largest absolute Gasteiger partial charge is 0.464 e. The number of allylic oxidation sites excluding steroid dienone is 1. The second-order valence-electron chi connectivity index (χ2n) is 7.70. The van der Waals surface area contributed by atoms with Gasteiger partial charge in [0.25, 0.3) is 5.70 Å². The average molecular weight is 452 g/mol. The molecule has 0 radical (unpaired) electrons. The van der Waals surface area contributed by atoms with Crippen LogP contribution in [-0.4, -0.2) is 62.3 Å². The van der Waals surface area contributed by atoms with Crippen molar-refractivity contribution < 1.29 is 13.8 Å². The van der Waals surface area contributed by atoms with E-state index in [1.54, 1.807) is 24.9 Å². The van der Waals surface area contributed by atoms with Gasteiger partial charge in [0.05, 0.1) is 23.8 Å². The van der Waals surface area contributed by atoms with Crippen LogP contribution in [0, 0.1) is 10.1 Å². The van der Waals surface area contributed by atoms with E-state index in [2.05, 4.69) is 15.5 Å². The van der Waals surface area contributed by atoms with Gasteiger partial charge >= 0.3 is 0 Å². The molecule has 0 saturated carbocycles. The second-order valence-corrected chi connectivity index (χ2v) is 8.80. The predicted molar refractivity (Wildman–Crippen MR) is 123 cm³/mol. The maximum Gasteiger partial charge on any atom is 0.293 e. The Morgan fingerprint density at radius 3 is 2.10 bits per heavy atom. The number of nitrogens with one attached hydrogen (secondary N) is 2. The third kappa shape index (κ3) is 8.68. The lowest BCUT2D eigenvalue weighted by molar-refractivity contribution is -0.429. The van der Waals surface area contributed by atoms with Gasteiger partial charge in [-0.1, -0.05) is 0 Å². The molecule has 9 nitrogen and oxygen atoms in total. The first-order chi connectivity index (χ1) is 14.8. The summed E-state index contributed by atoms with van der Waals surface area (Å²) < 4.78 is 11.5. The van der Waals surface area contributed by atoms with Crippen molar-refractivity contribution in [3.63, 3.8) is 0 Å². The van der Waals surface area contributed by atoms with Crippen LogP contribution in [-0.2, 0) is 25.3 Å². The first-order valence-electron chi connectivity index (χ1n) is 10.1. The maximum absolute atomic E-state index is 11.6. The van der Waals surface area contributed by atoms with E-state index in [-0.39, 0.29) is 17.0 Å². The van der Waals surface area contributed by atoms with Crippen molar-refractivity contribution in [2.75, 3.05) is 47.5 Å². The van der Waals surface area contributed by atoms with Crippen LogP contribution in [0.25, 0.3) is 0 Å². The zero-order valence-corrected chi connectivity index (χ0v) is 19.8. The number of hydrogen-bond acceptors (Lipinski definition) is 9. The van der Waals surface area contributed by atoms with Gasteiger partial charge in [0.15, 0.2) is 5.82 Å². The lowest BCUT2D eigenvalue weighted by Gasteiger charge is -2.11. The van der Waals surface area contributed by atoms with Gasteiger partial charge in [0.2, 0.25) is 0 Å². The van der Waals surface area contributed by atoms with E-state index in [4.69, 9.17) is 8.83 Å². The molecule has 2 aromatic rings. The average Bonchev–Trinajstić information content (AvgIpc) is 3.31. The third-order valence-corrected chi connectivity index (χ3v) is 5.25. The van der Waals surface area contributed by atoms with Gasteiger partial charge in [-0.05, 0) is 52.5 Å². The van der Waals surface area contributed by atoms with Crippen molar-refractivity contribution in [1.29, 1.82) is 0 Å². The molecule has 2 N–H and O–H groups in total. The van der Waals surface area contributed by atoms with E-state index in [0.717, 1.165) is 35.3 Å². The fourth-order valence-electron chi connectivity index (χ4n) is 2.98. The Bertz CT molecular complexity index is 860. The van der Waals surface area contributed by atoms with Crippen LogP contribution < -0.4 is 10.6 Å². The molecule has 0 fully saturated rings. The minimum Gasteiger partial charge on any atom is -0.464 e. The van der Waals surface area contributed by atoms with Gasteiger partial charge in [-0.25, -0.2) is 0 Å². The summed E-state index contributed by atoms with van der Waals surface area (Å²) in [4.78, 5) is 15.3. The quantitative estimate of drug-likeness (QED) is 0.255. The molecule has 31 heavy (non-hydrogen) atoms. The van der Waals surface area contributed by atoms with Crippen LogP contribution >= 0.6 is 11.8 Å². The highest BCUT2D eigenvalue weighted by atomic mass is 32.2. The predicted octanol–water partition coefficient (Wildman–Crippen LogP) is 2.73. The van der Waals surface area contributed by atoms with Crippen LogP contribution in [0.3, 0.4) is 0 Å². The smallest absolute Gasteiger partial charge is 0.293 e. The zero-order chi connectivity index (χ0) is 22.8. The Balaban J connectivity index is 1.86. The number of furan rings is 2. The standard InChI is InChI=1S/C21H33N5O4S/c1-22-21(20(26(27)28)12-16-6-7-17(29-16)13-24(2)3)23-10-11-31-15-19-9-8-18(30-19)14-25(4)5/h6-9,22-23H,10-15H2,1-5H3. The van der Waals surface area contributed by atoms with Crippen molar-refractivity contribution in [2.45, 2.75) is 25.3 Å². The number of hydrogen-bond donors (Lipinski definition) is 2. The van der Waals surface area contributed by atoms with Crippen LogP contribution in [0.2, 0.25) is 0 Å². The number of thioether (sulfide) groups is 1. The summed E-state index contributed by atoms with van der Waals surface area (Å²) in [7, 11) is 9.57. The van der Waals surface area contributed by atoms with Crippen LogP contribution in [0.4, 0.5) is 0 Å². The van der Waals surface area contributed by atoms with Gasteiger partial charge in [-0.15, -0.1) is 0 Å². The second kappa shape index (κ2) is 12.4. The van der Waals surface area contributed by atoms with Crippen molar-refractivity contribution in [2.24, 2.45) is 0 Å². The van der Waals surface area contributed by atoms with Gasteiger partial charge in [0.1, 0.15) is 29.5 Å². The normalized spacial score (nSPS) is 12.4. The molecule has 0 spiro atoms. The Morgan fingerprint density at radius 1 is 1.00 bits per heavy atom. The van der Waals surface area contributed by atoms with Crippen LogP contribution in [0.1, 0.15) is 23.0 Å². The highest BCUT2D eigenvalue weighted by Gasteiger charge is 2.21. The number of nitrogens with zero attached hydrogens (tertiary/aromatic N) is 3. The van der Waals surface area contributed by atoms with Gasteiger partial charge in [-0.2, -0.15) is 11.8 Å². The van der Waals surface area contributed by atoms with E-state index in [1.807, 2.05) is 51.3 Å². The Kier molecular flexibility index (Phi) is 9.96. The molecular formula is C21H33N5O4S. The minimum atomic E-state index is -0.366. The Labute approximate surface area is 188 Å². The summed E-state index contributed by atoms with van der Waals surface area (Å²) in [6, 6.07) is 7.64. The van der Waals surface area contributed by atoms with Crippen LogP contribution in [0.15, 0.2) is 44.6 Å². The summed E-state index contributed by atoms with van der Waals surface area (Å²) in [5, 5.41) is 17.7. The highest BCUT2D eigenvalue weighted by Crippen LogP contribution is 2.17. The molecule has 2 rings (SSSR count). The number of rotatable bonds is 14. The van der Waals surface area contributed by atoms with E-state index < -0.39 is 0 Å². The van der Waals surface area contributed by atoms with Crippen molar-refractivity contribution >= 4 is 11.8 Å². The minimum absolute atomic E-state index is 0.0533. The molecule has 0 aromatic carbocycles. The van der Waals surface area contributed by atoms with E-state index in [1.165, 1.54) is 0 Å². The Morgan fingerprint density at radius 2 is 1.55 bits per heavy atom. The Hall–Kier alpha value is -2.43. The zero-order valence-electron chi connectivity index (χ0n) is 18.9. The molecule has 0 bridgehead atoms. The van der Waals surface area contributed by atoms with E-state index in [9.17, 15) is 10.1 Å². The molecule has 0 aliphatic carbocycles. The van der Waals surface area contributed by atoms with Crippen molar-refractivity contribution in [1.82, 2.24) is 20.4 Å². The summed E-state index contributed by atoms with van der Waals surface area (Å²) in [5.41, 5.74) is 0.0533. The maximum atomic E-state index is 11.6. The molecule has 0 aliphatic heterocycles. The fraction of sp³-hybridized carbons (Fsp3) is 0.524. The molecule has 172 valence electrons. The van der Waals surface area contributed by atoms with Crippen molar-refractivity contribution in [3.8, 4) is 0 Å². The van der Waals surface area contributed by atoms with E-state index in [0.29, 0.717) is 24.7 Å². The first-order valence-corrected chi connectivity index (χ1v) is 11.3. The molecule has 0 aliphatic rings. The molecule has 0 amide bonds. The summed E-state index contributed by atoms with van der Waals surface area (Å²) in [5.74, 6) is 5.18.